The average Bonchev–Trinajstić information content (AvgIpc) is 2.15. The zero-order valence-electron chi connectivity index (χ0n) is 7.36. The van der Waals surface area contributed by atoms with E-state index in [0.717, 1.165) is 6.42 Å². The Bertz CT molecular complexity index is 299. The Morgan fingerprint density at radius 2 is 2.31 bits per heavy atom. The Morgan fingerprint density at radius 1 is 1.54 bits per heavy atom. The summed E-state index contributed by atoms with van der Waals surface area (Å²) in [5, 5.41) is 11.9. The van der Waals surface area contributed by atoms with Crippen LogP contribution in [-0.2, 0) is 0 Å². The average molecular weight is 181 g/mol. The van der Waals surface area contributed by atoms with Crippen molar-refractivity contribution in [2.75, 3.05) is 6.61 Å². The molecule has 0 saturated carbocycles. The number of phenolic OH excluding ortho intramolecular Hbond substituents is 1. The molecule has 0 spiro atoms. The van der Waals surface area contributed by atoms with Crippen molar-refractivity contribution < 1.29 is 9.84 Å². The molecule has 4 heteroatoms. The molecule has 0 radical (unpaired) electrons. The Kier molecular flexibility index (Phi) is 3.25. The van der Waals surface area contributed by atoms with Crippen LogP contribution in [0.3, 0.4) is 0 Å². The van der Waals surface area contributed by atoms with E-state index in [9.17, 15) is 10.0 Å². The first-order valence-electron chi connectivity index (χ1n) is 4.07. The van der Waals surface area contributed by atoms with Crippen LogP contribution in [-0.4, -0.2) is 11.7 Å². The van der Waals surface area contributed by atoms with E-state index in [0.29, 0.717) is 12.4 Å². The number of nitroso groups, excluding NO2 is 1. The van der Waals surface area contributed by atoms with Gasteiger partial charge in [-0.1, -0.05) is 6.92 Å². The summed E-state index contributed by atoms with van der Waals surface area (Å²) >= 11 is 0. The molecule has 1 N–H and O–H groups in total. The minimum Gasteiger partial charge on any atom is -0.505 e. The Labute approximate surface area is 76.1 Å². The van der Waals surface area contributed by atoms with E-state index in [1.165, 1.54) is 12.1 Å². The molecule has 70 valence electrons. The number of phenols is 1. The molecule has 0 aliphatic carbocycles. The van der Waals surface area contributed by atoms with Crippen molar-refractivity contribution >= 4 is 5.69 Å². The van der Waals surface area contributed by atoms with Gasteiger partial charge in [0.2, 0.25) is 0 Å². The molecule has 0 bridgehead atoms. The van der Waals surface area contributed by atoms with Gasteiger partial charge in [0.1, 0.15) is 17.2 Å². The van der Waals surface area contributed by atoms with E-state index in [1.807, 2.05) is 6.92 Å². The van der Waals surface area contributed by atoms with Gasteiger partial charge in [-0.25, -0.2) is 0 Å². The topological polar surface area (TPSA) is 58.9 Å². The van der Waals surface area contributed by atoms with Gasteiger partial charge in [-0.05, 0) is 23.7 Å². The van der Waals surface area contributed by atoms with Crippen LogP contribution in [0.4, 0.5) is 5.69 Å². The van der Waals surface area contributed by atoms with Crippen LogP contribution in [0.2, 0.25) is 0 Å². The standard InChI is InChI=1S/C9H11NO3/c1-2-5-13-7-3-4-8(10-12)9(11)6-7/h3-4,6,11H,2,5H2,1H3. The maximum Gasteiger partial charge on any atom is 0.149 e. The van der Waals surface area contributed by atoms with E-state index in [4.69, 9.17) is 4.74 Å². The van der Waals surface area contributed by atoms with Crippen molar-refractivity contribution in [3.05, 3.63) is 23.1 Å². The highest BCUT2D eigenvalue weighted by atomic mass is 16.5. The van der Waals surface area contributed by atoms with E-state index in [1.54, 1.807) is 6.07 Å². The lowest BCUT2D eigenvalue weighted by molar-refractivity contribution is 0.315. The third-order valence-electron chi connectivity index (χ3n) is 1.52. The van der Waals surface area contributed by atoms with Crippen LogP contribution in [0, 0.1) is 4.91 Å². The molecule has 13 heavy (non-hydrogen) atoms. The highest BCUT2D eigenvalue weighted by Gasteiger charge is 2.02. The van der Waals surface area contributed by atoms with Crippen LogP contribution in [0.5, 0.6) is 11.5 Å². The largest absolute Gasteiger partial charge is 0.505 e. The smallest absolute Gasteiger partial charge is 0.149 e. The molecule has 4 nitrogen and oxygen atoms in total. The fourth-order valence-electron chi connectivity index (χ4n) is 0.890. The molecule has 0 saturated heterocycles. The Morgan fingerprint density at radius 3 is 2.85 bits per heavy atom. The first-order valence-corrected chi connectivity index (χ1v) is 4.07. The quantitative estimate of drug-likeness (QED) is 0.726. The zero-order chi connectivity index (χ0) is 9.68. The number of aromatic hydroxyl groups is 1. The lowest BCUT2D eigenvalue weighted by Crippen LogP contribution is -1.94. The van der Waals surface area contributed by atoms with Crippen LogP contribution in [0.15, 0.2) is 23.4 Å². The molecule has 1 aromatic carbocycles. The Balaban J connectivity index is 2.77. The van der Waals surface area contributed by atoms with Gasteiger partial charge in [0.05, 0.1) is 6.61 Å². The summed E-state index contributed by atoms with van der Waals surface area (Å²) in [5.74, 6) is 0.398. The maximum atomic E-state index is 10.1. The predicted octanol–water partition coefficient (Wildman–Crippen LogP) is 2.58. The van der Waals surface area contributed by atoms with Crippen molar-refractivity contribution in [3.8, 4) is 11.5 Å². The number of rotatable bonds is 4. The minimum absolute atomic E-state index is 0.0313. The molecule has 1 aromatic rings. The Hall–Kier alpha value is -1.58. The number of hydrogen-bond donors (Lipinski definition) is 1. The van der Waals surface area contributed by atoms with Gasteiger partial charge in [0.25, 0.3) is 0 Å². The lowest BCUT2D eigenvalue weighted by atomic mass is 10.3. The van der Waals surface area contributed by atoms with Crippen molar-refractivity contribution in [2.45, 2.75) is 13.3 Å². The zero-order valence-corrected chi connectivity index (χ0v) is 7.36. The molecule has 0 heterocycles. The normalized spacial score (nSPS) is 9.62. The van der Waals surface area contributed by atoms with Gasteiger partial charge in [0, 0.05) is 6.07 Å². The number of ether oxygens (including phenoxy) is 1. The lowest BCUT2D eigenvalue weighted by Gasteiger charge is -2.04. The molecule has 0 fully saturated rings. The van der Waals surface area contributed by atoms with Crippen molar-refractivity contribution in [2.24, 2.45) is 5.18 Å². The second kappa shape index (κ2) is 4.45. The van der Waals surface area contributed by atoms with E-state index < -0.39 is 0 Å². The SMILES string of the molecule is CCCOc1ccc(N=O)c(O)c1. The third-order valence-corrected chi connectivity index (χ3v) is 1.52. The van der Waals surface area contributed by atoms with Crippen LogP contribution in [0.1, 0.15) is 13.3 Å². The van der Waals surface area contributed by atoms with Gasteiger partial charge in [-0.2, -0.15) is 0 Å². The fraction of sp³-hybridized carbons (Fsp3) is 0.333. The predicted molar refractivity (Wildman–Crippen MR) is 49.3 cm³/mol. The second-order valence-corrected chi connectivity index (χ2v) is 2.59. The van der Waals surface area contributed by atoms with Crippen LogP contribution in [0.25, 0.3) is 0 Å². The van der Waals surface area contributed by atoms with Gasteiger partial charge >= 0.3 is 0 Å². The third kappa shape index (κ3) is 2.43. The highest BCUT2D eigenvalue weighted by Crippen LogP contribution is 2.29. The first kappa shape index (κ1) is 9.51. The fourth-order valence-corrected chi connectivity index (χ4v) is 0.890. The number of hydrogen-bond acceptors (Lipinski definition) is 4. The van der Waals surface area contributed by atoms with E-state index in [2.05, 4.69) is 5.18 Å². The number of benzene rings is 1. The molecule has 0 aliphatic heterocycles. The molecule has 1 rings (SSSR count). The van der Waals surface area contributed by atoms with Gasteiger partial charge in [0.15, 0.2) is 0 Å². The van der Waals surface area contributed by atoms with Crippen LogP contribution < -0.4 is 4.74 Å². The summed E-state index contributed by atoms with van der Waals surface area (Å²) in [6.07, 6.45) is 0.897. The summed E-state index contributed by atoms with van der Waals surface area (Å²) in [6.45, 7) is 2.58. The van der Waals surface area contributed by atoms with Gasteiger partial charge in [-0.3, -0.25) is 0 Å². The summed E-state index contributed by atoms with van der Waals surface area (Å²) in [4.78, 5) is 10.1. The highest BCUT2D eigenvalue weighted by molar-refractivity contribution is 5.53. The van der Waals surface area contributed by atoms with Gasteiger partial charge in [-0.15, -0.1) is 4.91 Å². The second-order valence-electron chi connectivity index (χ2n) is 2.59. The monoisotopic (exact) mass is 181 g/mol. The summed E-state index contributed by atoms with van der Waals surface area (Å²) in [5.41, 5.74) is 0.0313. The summed E-state index contributed by atoms with van der Waals surface area (Å²) in [7, 11) is 0. The van der Waals surface area contributed by atoms with E-state index in [-0.39, 0.29) is 11.4 Å². The minimum atomic E-state index is -0.149. The molecule has 0 unspecified atom stereocenters. The van der Waals surface area contributed by atoms with Crippen molar-refractivity contribution in [1.82, 2.24) is 0 Å². The maximum absolute atomic E-state index is 10.1. The molecular weight excluding hydrogens is 170 g/mol. The van der Waals surface area contributed by atoms with Crippen molar-refractivity contribution in [1.29, 1.82) is 0 Å². The summed E-state index contributed by atoms with van der Waals surface area (Å²) < 4.78 is 5.23. The molecule has 0 aromatic heterocycles. The molecule has 0 aliphatic rings. The van der Waals surface area contributed by atoms with Crippen molar-refractivity contribution in [3.63, 3.8) is 0 Å². The van der Waals surface area contributed by atoms with Crippen LogP contribution >= 0.6 is 0 Å². The molecule has 0 atom stereocenters. The first-order chi connectivity index (χ1) is 6.27. The summed E-state index contributed by atoms with van der Waals surface area (Å²) in [6, 6.07) is 4.41. The molecular formula is C9H11NO3. The van der Waals surface area contributed by atoms with E-state index >= 15 is 0 Å². The number of nitrogens with zero attached hydrogens (tertiary/aromatic N) is 1. The molecule has 0 amide bonds. The van der Waals surface area contributed by atoms with Gasteiger partial charge < -0.3 is 9.84 Å².